The number of H-pyrrole nitrogens is 1. The summed E-state index contributed by atoms with van der Waals surface area (Å²) in [6.45, 7) is 1.22. The van der Waals surface area contributed by atoms with Gasteiger partial charge in [-0.3, -0.25) is 4.79 Å². The van der Waals surface area contributed by atoms with Crippen LogP contribution in [0.25, 0.3) is 10.9 Å². The van der Waals surface area contributed by atoms with Crippen LogP contribution >= 0.6 is 39.1 Å². The molecule has 2 aromatic rings. The van der Waals surface area contributed by atoms with E-state index in [1.54, 1.807) is 13.2 Å². The Balaban J connectivity index is 2.21. The summed E-state index contributed by atoms with van der Waals surface area (Å²) in [5, 5.41) is 4.86. The van der Waals surface area contributed by atoms with Gasteiger partial charge < -0.3 is 15.0 Å². The van der Waals surface area contributed by atoms with Crippen LogP contribution in [0.1, 0.15) is 23.6 Å². The van der Waals surface area contributed by atoms with Crippen molar-refractivity contribution in [1.82, 2.24) is 10.3 Å². The third-order valence-electron chi connectivity index (χ3n) is 4.02. The number of hydrogen-bond donors (Lipinski definition) is 2. The number of halogens is 3. The van der Waals surface area contributed by atoms with E-state index in [0.717, 1.165) is 33.1 Å². The van der Waals surface area contributed by atoms with Crippen molar-refractivity contribution in [3.05, 3.63) is 31.8 Å². The lowest BCUT2D eigenvalue weighted by Gasteiger charge is -2.14. The minimum atomic E-state index is 0.0139. The lowest BCUT2D eigenvalue weighted by molar-refractivity contribution is -0.120. The Morgan fingerprint density at radius 3 is 2.95 bits per heavy atom. The van der Waals surface area contributed by atoms with E-state index in [4.69, 9.17) is 27.9 Å². The van der Waals surface area contributed by atoms with Crippen molar-refractivity contribution in [3.63, 3.8) is 0 Å². The monoisotopic (exact) mass is 404 g/mol. The molecule has 3 rings (SSSR count). The number of carbonyl (C=O) groups is 1. The fraction of sp³-hybridized carbons (Fsp3) is 0.400. The van der Waals surface area contributed by atoms with Gasteiger partial charge in [0.15, 0.2) is 0 Å². The maximum Gasteiger partial charge on any atom is 0.224 e. The van der Waals surface area contributed by atoms with Crippen molar-refractivity contribution < 1.29 is 9.53 Å². The van der Waals surface area contributed by atoms with Crippen LogP contribution in [0.5, 0.6) is 0 Å². The van der Waals surface area contributed by atoms with Gasteiger partial charge in [0.25, 0.3) is 0 Å². The lowest BCUT2D eigenvalue weighted by Crippen LogP contribution is -2.27. The van der Waals surface area contributed by atoms with E-state index in [0.29, 0.717) is 29.6 Å². The number of aromatic nitrogens is 1. The number of rotatable bonds is 3. The molecule has 7 heteroatoms. The molecule has 1 unspecified atom stereocenters. The topological polar surface area (TPSA) is 54.1 Å². The minimum Gasteiger partial charge on any atom is -0.385 e. The fourth-order valence-electron chi connectivity index (χ4n) is 2.95. The molecule has 0 aliphatic carbocycles. The standard InChI is InChI=1S/C15H15BrCl2N2O2/c1-22-3-2-7-6-19-11(21)4-8-12-9(16)5-10(17)13(18)15(12)20-14(7)8/h5,7,20H,2-4,6H2,1H3,(H,19,21). The molecule has 1 aromatic heterocycles. The van der Waals surface area contributed by atoms with Crippen LogP contribution in [0.15, 0.2) is 10.5 Å². The number of amides is 1. The van der Waals surface area contributed by atoms with E-state index in [9.17, 15) is 4.79 Å². The number of fused-ring (bicyclic) bond motifs is 3. The number of hydrogen-bond acceptors (Lipinski definition) is 2. The Hall–Kier alpha value is -0.750. The highest BCUT2D eigenvalue weighted by molar-refractivity contribution is 9.10. The van der Waals surface area contributed by atoms with Crippen LogP contribution in [0.2, 0.25) is 10.0 Å². The highest BCUT2D eigenvalue weighted by atomic mass is 79.9. The van der Waals surface area contributed by atoms with Crippen LogP contribution in [0, 0.1) is 0 Å². The SMILES string of the molecule is COCCC1CNC(=O)Cc2c1[nH]c1c(Cl)c(Cl)cc(Br)c21. The maximum absolute atomic E-state index is 12.0. The van der Waals surface area contributed by atoms with Gasteiger partial charge in [-0.25, -0.2) is 0 Å². The van der Waals surface area contributed by atoms with Gasteiger partial charge >= 0.3 is 0 Å². The third kappa shape index (κ3) is 2.75. The lowest BCUT2D eigenvalue weighted by atomic mass is 9.97. The summed E-state index contributed by atoms with van der Waals surface area (Å²) in [4.78, 5) is 15.4. The summed E-state index contributed by atoms with van der Waals surface area (Å²) in [7, 11) is 1.68. The Labute approximate surface area is 146 Å². The molecule has 2 heterocycles. The normalized spacial score (nSPS) is 18.2. The largest absolute Gasteiger partial charge is 0.385 e. The zero-order valence-corrected chi connectivity index (χ0v) is 15.0. The summed E-state index contributed by atoms with van der Waals surface area (Å²) in [6.07, 6.45) is 1.15. The molecule has 1 aromatic carbocycles. The molecule has 1 aliphatic heterocycles. The van der Waals surface area contributed by atoms with Crippen LogP contribution in [-0.4, -0.2) is 31.2 Å². The van der Waals surface area contributed by atoms with Crippen LogP contribution in [0.4, 0.5) is 0 Å². The summed E-state index contributed by atoms with van der Waals surface area (Å²) in [6, 6.07) is 1.77. The first kappa shape index (κ1) is 16.1. The van der Waals surface area contributed by atoms with Crippen molar-refractivity contribution in [2.45, 2.75) is 18.8 Å². The molecule has 22 heavy (non-hydrogen) atoms. The molecular weight excluding hydrogens is 391 g/mol. The second-order valence-corrected chi connectivity index (χ2v) is 7.02. The van der Waals surface area contributed by atoms with Crippen LogP contribution in [-0.2, 0) is 16.0 Å². The van der Waals surface area contributed by atoms with E-state index in [1.807, 2.05) is 0 Å². The van der Waals surface area contributed by atoms with Crippen molar-refractivity contribution in [2.24, 2.45) is 0 Å². The first-order valence-corrected chi connectivity index (χ1v) is 8.51. The number of ether oxygens (including phenoxy) is 1. The van der Waals surface area contributed by atoms with E-state index >= 15 is 0 Å². The van der Waals surface area contributed by atoms with Crippen molar-refractivity contribution in [2.75, 3.05) is 20.3 Å². The van der Waals surface area contributed by atoms with Crippen molar-refractivity contribution in [1.29, 1.82) is 0 Å². The van der Waals surface area contributed by atoms with Gasteiger partial charge in [-0.05, 0) is 18.1 Å². The van der Waals surface area contributed by atoms with Gasteiger partial charge in [0.05, 0.1) is 22.0 Å². The molecule has 1 aliphatic rings. The zero-order valence-electron chi connectivity index (χ0n) is 11.9. The highest BCUT2D eigenvalue weighted by Gasteiger charge is 2.27. The number of methoxy groups -OCH3 is 1. The maximum atomic E-state index is 12.0. The first-order chi connectivity index (χ1) is 10.5. The summed E-state index contributed by atoms with van der Waals surface area (Å²) in [5.74, 6) is 0.176. The number of benzene rings is 1. The fourth-order valence-corrected chi connectivity index (χ4v) is 4.15. The summed E-state index contributed by atoms with van der Waals surface area (Å²) in [5.41, 5.74) is 2.80. The van der Waals surface area contributed by atoms with Crippen LogP contribution in [0.3, 0.4) is 0 Å². The second kappa shape index (κ2) is 6.40. The van der Waals surface area contributed by atoms with E-state index < -0.39 is 0 Å². The average molecular weight is 406 g/mol. The van der Waals surface area contributed by atoms with Crippen molar-refractivity contribution >= 4 is 55.9 Å². The third-order valence-corrected chi connectivity index (χ3v) is 5.43. The molecule has 0 radical (unpaired) electrons. The van der Waals surface area contributed by atoms with E-state index in [2.05, 4.69) is 26.2 Å². The van der Waals surface area contributed by atoms with Gasteiger partial charge in [-0.15, -0.1) is 0 Å². The second-order valence-electron chi connectivity index (χ2n) is 5.38. The number of carbonyl (C=O) groups excluding carboxylic acids is 1. The molecule has 0 spiro atoms. The minimum absolute atomic E-state index is 0.0139. The van der Waals surface area contributed by atoms with Gasteiger partial charge in [0.1, 0.15) is 0 Å². The Kier molecular flexibility index (Phi) is 4.69. The predicted molar refractivity (Wildman–Crippen MR) is 92.0 cm³/mol. The summed E-state index contributed by atoms with van der Waals surface area (Å²) >= 11 is 16.0. The van der Waals surface area contributed by atoms with Gasteiger partial charge in [0, 0.05) is 41.7 Å². The van der Waals surface area contributed by atoms with Crippen molar-refractivity contribution in [3.8, 4) is 0 Å². The molecule has 2 N–H and O–H groups in total. The molecule has 1 atom stereocenters. The molecule has 0 bridgehead atoms. The Bertz CT molecular complexity index is 745. The molecule has 0 saturated heterocycles. The Morgan fingerprint density at radius 2 is 2.23 bits per heavy atom. The highest BCUT2D eigenvalue weighted by Crippen LogP contribution is 2.41. The molecule has 4 nitrogen and oxygen atoms in total. The molecule has 1 amide bonds. The first-order valence-electron chi connectivity index (χ1n) is 6.96. The van der Waals surface area contributed by atoms with Crippen LogP contribution < -0.4 is 5.32 Å². The number of nitrogens with one attached hydrogen (secondary N) is 2. The summed E-state index contributed by atoms with van der Waals surface area (Å²) < 4.78 is 6.03. The molecular formula is C15H15BrCl2N2O2. The van der Waals surface area contributed by atoms with Gasteiger partial charge in [-0.1, -0.05) is 39.1 Å². The van der Waals surface area contributed by atoms with Gasteiger partial charge in [0.2, 0.25) is 5.91 Å². The molecule has 0 saturated carbocycles. The van der Waals surface area contributed by atoms with Gasteiger partial charge in [-0.2, -0.15) is 0 Å². The molecule has 0 fully saturated rings. The smallest absolute Gasteiger partial charge is 0.224 e. The predicted octanol–water partition coefficient (Wildman–Crippen LogP) is 4.03. The molecule has 118 valence electrons. The van der Waals surface area contributed by atoms with E-state index in [-0.39, 0.29) is 11.8 Å². The average Bonchev–Trinajstić information content (AvgIpc) is 2.77. The Morgan fingerprint density at radius 1 is 1.45 bits per heavy atom. The van der Waals surface area contributed by atoms with E-state index in [1.165, 1.54) is 0 Å². The number of aromatic amines is 1. The zero-order chi connectivity index (χ0) is 15.9. The quantitative estimate of drug-likeness (QED) is 0.757.